The molecule has 8 aliphatic heterocycles. The van der Waals surface area contributed by atoms with Crippen LogP contribution in [-0.4, -0.2) is 232 Å². The van der Waals surface area contributed by atoms with Gasteiger partial charge in [-0.25, -0.2) is 24.0 Å². The Bertz CT molecular complexity index is 5640. The van der Waals surface area contributed by atoms with E-state index in [-0.39, 0.29) is 112 Å². The zero-order valence-electron chi connectivity index (χ0n) is 82.8. The van der Waals surface area contributed by atoms with Crippen LogP contribution in [-0.2, 0) is 56.4 Å². The number of hydrogen-bond acceptors (Lipinski definition) is 35. The zero-order chi connectivity index (χ0) is 104. The van der Waals surface area contributed by atoms with Crippen molar-refractivity contribution in [3.63, 3.8) is 0 Å². The van der Waals surface area contributed by atoms with Crippen LogP contribution < -0.4 is 78.7 Å². The molecule has 5 fully saturated rings. The lowest BCUT2D eigenvalue weighted by molar-refractivity contribution is -0.155. The van der Waals surface area contributed by atoms with Gasteiger partial charge in [0.1, 0.15) is 35.6 Å². The number of aromatic hydroxyl groups is 1. The molecule has 0 radical (unpaired) electrons. The number of phenols is 1. The first-order valence-electron chi connectivity index (χ1n) is 46.0. The molecule has 0 spiro atoms. The van der Waals surface area contributed by atoms with Crippen LogP contribution in [0.5, 0.6) is 69.0 Å². The van der Waals surface area contributed by atoms with Crippen molar-refractivity contribution in [3.05, 3.63) is 144 Å². The number of anilines is 1. The molecule has 141 heavy (non-hydrogen) atoms. The third-order valence-electron chi connectivity index (χ3n) is 26.6. The summed E-state index contributed by atoms with van der Waals surface area (Å²) in [6, 6.07) is 15.6. The highest BCUT2D eigenvalue weighted by atomic mass is 28.4. The summed E-state index contributed by atoms with van der Waals surface area (Å²) in [5, 5.41) is 64.1. The Labute approximate surface area is 818 Å². The highest BCUT2D eigenvalue weighted by Gasteiger charge is 2.64. The number of ether oxygens (including phenoxy) is 18. The monoisotopic (exact) mass is 2000 g/mol. The van der Waals surface area contributed by atoms with Gasteiger partial charge in [-0.3, -0.25) is 29.3 Å². The first-order chi connectivity index (χ1) is 65.9. The summed E-state index contributed by atoms with van der Waals surface area (Å²) in [5.41, 5.74) is 3.49. The Morgan fingerprint density at radius 1 is 0.518 bits per heavy atom. The first kappa shape index (κ1) is 107. The Morgan fingerprint density at radius 2 is 0.965 bits per heavy atom. The molecule has 16 rings (SSSR count). The molecule has 22 atom stereocenters. The van der Waals surface area contributed by atoms with Gasteiger partial charge in [-0.05, 0) is 172 Å². The molecule has 3 aliphatic carbocycles. The van der Waals surface area contributed by atoms with E-state index in [9.17, 15) is 73.5 Å². The molecule has 40 nitrogen and oxygen atoms in total. The Balaban J connectivity index is 0.000000169. The molecule has 10 N–H and O–H groups in total. The summed E-state index contributed by atoms with van der Waals surface area (Å²) < 4.78 is 113. The van der Waals surface area contributed by atoms with Crippen molar-refractivity contribution < 1.29 is 168 Å². The number of nitrogens with one attached hydrogen (secondary N) is 5. The average Bonchev–Trinajstić information content (AvgIpc) is 1.01. The second-order valence-corrected chi connectivity index (χ2v) is 50.2. The fourth-order valence-corrected chi connectivity index (χ4v) is 21.1. The Morgan fingerprint density at radius 3 is 1.48 bits per heavy atom. The number of para-hydroxylation sites is 1. The van der Waals surface area contributed by atoms with E-state index in [2.05, 4.69) is 126 Å². The summed E-state index contributed by atoms with van der Waals surface area (Å²) in [7, 11) is -4.63. The lowest BCUT2D eigenvalue weighted by Gasteiger charge is -2.51. The summed E-state index contributed by atoms with van der Waals surface area (Å²) in [6.45, 7) is 55.5. The standard InChI is InChI=1S/C30H36N2O8.C28H41NO10Si.C24H31NO9Si.C14H15NO8.C3H4/c1-8-18(3)25(20-15-23-27(37-17-36-23)24(16-20)38-19(4)33)26(32-29(35)40-30(5,6)7)22(9-2)39-28(34)31-21-13-11-10-12-14-21;1-14-19(16-11-17-22(34-13-33-17)18(12-16)35-15(2)30)20(29-25(31)38-27(3,4)5)23-24(37-26(32)36-23)21(14)39-40(9,10)28(6,7)8;1-10-14-12-8-13-18(30-9-29-13)19(31-11(2)26)15(12)22(27)25-16(14)20-21(33-23(28)32-20)17(10)34-35(6,7)24(3,4)5;16-8-5-3-1-4-13(23-2-22-4)9(17)6(3)14(21)15-7(5)10(18)12(20)11(8)19;1-3-2/h8-16,18,22,25-26H,1-2,17H2,3-7H3,(H,31,34)(H,32,35);11-12,14,19-21,23-24H,13H2,1-10H3,(H,29,31);8,10,14,16-17,20-21H,9H2,1-7H3,(H,25,27);1,5,7-8,10-12,16-20H,2H2,(H,15,21);1-2H2/t18-,22+,25+,26-;14-,19-,20-,21+,23+,24-;10-,14-,16-,17+,20+,21-;5-,7-,8-,10+,11+,12+;/m0111./s1. The SMILES string of the molecule is C=C=C.C=C[C@H](C)[C@H](c1cc2c(c(OC(C)=O)c1)OCO2)[C@@H](NC(=O)OC(C)(C)C)[C@@H](C=C)OC(=O)Nc1ccccc1.CC(=O)Oc1c2c(cc3c1C(=O)N[C@H]1[C@@H]4OC(=O)O[C@@H]4[C@@H](O[Si](C)(C)C(C)(C)C)[C@H](C)[C@H]31)OCO2.CC(=O)Oc1cc([C@H]2[C@@H](C)[C@H](O[Si](C)(C)C(C)(C)C)[C@H]3OC(=O)O[C@H]3[C@@H]2NC(=O)OC(C)(C)C)cc2c1OCO2.O=C1N[C@H]2[C@H](O)[C@H](O)[C@@H](O)[C@H](O)[C@@H]2c2cc3c(c(O)c21)OCO3. The van der Waals surface area contributed by atoms with Crippen molar-refractivity contribution in [1.29, 1.82) is 0 Å². The van der Waals surface area contributed by atoms with Crippen LogP contribution in [0.3, 0.4) is 0 Å². The number of amides is 5. The van der Waals surface area contributed by atoms with Gasteiger partial charge in [-0.1, -0.05) is 106 Å². The number of aliphatic hydroxyl groups is 4. The van der Waals surface area contributed by atoms with E-state index in [4.69, 9.17) is 94.1 Å². The highest BCUT2D eigenvalue weighted by Crippen LogP contribution is 2.58. The second-order valence-electron chi connectivity index (χ2n) is 40.7. The molecule has 3 saturated carbocycles. The Kier molecular flexibility index (Phi) is 32.0. The number of alkyl carbamates (subject to hydrolysis) is 2. The predicted octanol–water partition coefficient (Wildman–Crippen LogP) is 13.4. The molecule has 11 aliphatic rings. The number of esters is 3. The van der Waals surface area contributed by atoms with Gasteiger partial charge in [0.15, 0.2) is 87.0 Å². The van der Waals surface area contributed by atoms with Crippen LogP contribution >= 0.6 is 0 Å². The molecule has 2 saturated heterocycles. The smallest absolute Gasteiger partial charge is 0.504 e. The average molecular weight is 2000 g/mol. The molecule has 0 bridgehead atoms. The first-order valence-corrected chi connectivity index (χ1v) is 51.8. The number of carbonyl (C=O) groups is 10. The quantitative estimate of drug-likeness (QED) is 0.00972. The summed E-state index contributed by atoms with van der Waals surface area (Å²) in [5.74, 6) is -3.66. The molecule has 0 unspecified atom stereocenters. The van der Waals surface area contributed by atoms with Gasteiger partial charge in [0.25, 0.3) is 11.8 Å². The van der Waals surface area contributed by atoms with Crippen molar-refractivity contribution in [1.82, 2.24) is 21.3 Å². The van der Waals surface area contributed by atoms with E-state index in [0.717, 1.165) is 0 Å². The topological polar surface area (TPSA) is 517 Å². The van der Waals surface area contributed by atoms with E-state index in [1.54, 1.807) is 102 Å². The maximum absolute atomic E-state index is 13.4. The molecule has 5 amide bonds. The largest absolute Gasteiger partial charge is 0.509 e. The number of fused-ring (bicyclic) bond motifs is 13. The van der Waals surface area contributed by atoms with E-state index in [0.29, 0.717) is 51.1 Å². The van der Waals surface area contributed by atoms with Crippen molar-refractivity contribution in [2.45, 2.75) is 287 Å². The van der Waals surface area contributed by atoms with Gasteiger partial charge in [0.2, 0.25) is 50.2 Å². The third-order valence-corrected chi connectivity index (χ3v) is 35.5. The number of hydrogen-bond donors (Lipinski definition) is 10. The zero-order valence-corrected chi connectivity index (χ0v) is 84.8. The van der Waals surface area contributed by atoms with Crippen molar-refractivity contribution in [2.24, 2.45) is 17.8 Å². The van der Waals surface area contributed by atoms with Crippen LogP contribution in [0.25, 0.3) is 0 Å². The van der Waals surface area contributed by atoms with E-state index >= 15 is 0 Å². The predicted molar refractivity (Wildman–Crippen MR) is 507 cm³/mol. The molecule has 766 valence electrons. The molecule has 42 heteroatoms. The number of phenolic OH excluding ortho intramolecular Hbond substituents is 1. The van der Waals surface area contributed by atoms with E-state index < -0.39 is 203 Å². The minimum Gasteiger partial charge on any atom is -0.504 e. The maximum atomic E-state index is 13.4. The fraction of sp³-hybridized carbons (Fsp3) is 0.525. The van der Waals surface area contributed by atoms with Crippen molar-refractivity contribution in [3.8, 4) is 69.0 Å². The minimum absolute atomic E-state index is 0.0277. The van der Waals surface area contributed by atoms with Crippen LogP contribution in [0.15, 0.2) is 111 Å². The normalized spacial score (nSPS) is 26.1. The number of carbonyl (C=O) groups excluding carboxylic acids is 10. The number of rotatable bonds is 18. The van der Waals surface area contributed by atoms with Gasteiger partial charge in [-0.2, -0.15) is 0 Å². The van der Waals surface area contributed by atoms with Crippen LogP contribution in [0.2, 0.25) is 36.3 Å². The molecular weight excluding hydrogens is 1880 g/mol. The van der Waals surface area contributed by atoms with Crippen molar-refractivity contribution in [2.75, 3.05) is 32.5 Å². The molecule has 5 aromatic carbocycles. The molecule has 8 heterocycles. The van der Waals surface area contributed by atoms with Gasteiger partial charge < -0.3 is 141 Å². The highest BCUT2D eigenvalue weighted by molar-refractivity contribution is 6.74. The Hall–Kier alpha value is -12.8. The van der Waals surface area contributed by atoms with Crippen LogP contribution in [0, 0.1) is 17.8 Å². The van der Waals surface area contributed by atoms with Crippen LogP contribution in [0.1, 0.15) is 191 Å². The lowest BCUT2D eigenvalue weighted by Crippen LogP contribution is -2.66. The van der Waals surface area contributed by atoms with Crippen LogP contribution in [0.4, 0.5) is 29.7 Å². The van der Waals surface area contributed by atoms with E-state index in [1.807, 2.05) is 26.8 Å². The maximum Gasteiger partial charge on any atom is 0.509 e. The van der Waals surface area contributed by atoms with Gasteiger partial charge in [0, 0.05) is 50.1 Å². The summed E-state index contributed by atoms with van der Waals surface area (Å²) >= 11 is 0. The third kappa shape index (κ3) is 23.2. The number of benzene rings is 5. The van der Waals surface area contributed by atoms with Gasteiger partial charge >= 0.3 is 48.5 Å². The van der Waals surface area contributed by atoms with Crippen molar-refractivity contribution >= 4 is 82.6 Å². The number of aliphatic hydroxyl groups excluding tert-OH is 4. The van der Waals surface area contributed by atoms with Gasteiger partial charge in [0.05, 0.1) is 53.6 Å². The second kappa shape index (κ2) is 42.2. The molecule has 0 aromatic heterocycles. The molecule has 5 aromatic rings. The summed E-state index contributed by atoms with van der Waals surface area (Å²) in [4.78, 5) is 125. The van der Waals surface area contributed by atoms with Gasteiger partial charge in [-0.15, -0.1) is 12.3 Å². The summed E-state index contributed by atoms with van der Waals surface area (Å²) in [6.07, 6.45) is -11.7. The van der Waals surface area contributed by atoms with E-state index in [1.165, 1.54) is 32.9 Å². The lowest BCUT2D eigenvalue weighted by atomic mass is 9.66. The minimum atomic E-state index is -2.35. The number of allylic oxidation sites excluding steroid dienone is 1. The molecular formula is C99H127N5O35Si2. The fourth-order valence-electron chi connectivity index (χ4n) is 18.3.